The molecule has 4 aromatic rings. The monoisotopic (exact) mass is 375 g/mol. The molecule has 0 amide bonds. The smallest absolute Gasteiger partial charge is 0.189 e. The van der Waals surface area contributed by atoms with Crippen LogP contribution in [0.15, 0.2) is 83.8 Å². The molecule has 0 saturated carbocycles. The van der Waals surface area contributed by atoms with Crippen LogP contribution in [0.1, 0.15) is 27.6 Å². The molecule has 0 spiro atoms. The van der Waals surface area contributed by atoms with Gasteiger partial charge < -0.3 is 4.98 Å². The Labute approximate surface area is 159 Å². The molecule has 0 aliphatic carbocycles. The van der Waals surface area contributed by atoms with Gasteiger partial charge in [-0.15, -0.1) is 0 Å². The van der Waals surface area contributed by atoms with Crippen LogP contribution in [0.25, 0.3) is 10.9 Å². The van der Waals surface area contributed by atoms with Crippen LogP contribution in [-0.2, 0) is 9.84 Å². The van der Waals surface area contributed by atoms with Crippen molar-refractivity contribution in [3.8, 4) is 0 Å². The molecule has 1 heterocycles. The summed E-state index contributed by atoms with van der Waals surface area (Å²) in [5.74, 6) is 0. The lowest BCUT2D eigenvalue weighted by molar-refractivity contribution is 0.589. The number of aromatic amines is 1. The van der Waals surface area contributed by atoms with E-state index in [1.165, 1.54) is 0 Å². The topological polar surface area (TPSA) is 49.9 Å². The molecule has 0 bridgehead atoms. The van der Waals surface area contributed by atoms with Gasteiger partial charge in [-0.2, -0.15) is 0 Å². The Balaban J connectivity index is 2.04. The highest BCUT2D eigenvalue weighted by Crippen LogP contribution is 2.40. The van der Waals surface area contributed by atoms with Crippen LogP contribution in [0.5, 0.6) is 0 Å². The summed E-state index contributed by atoms with van der Waals surface area (Å²) in [5, 5.41) is 0.192. The fourth-order valence-electron chi connectivity index (χ4n) is 3.67. The number of benzene rings is 3. The predicted molar refractivity (Wildman–Crippen MR) is 110 cm³/mol. The van der Waals surface area contributed by atoms with E-state index in [1.54, 1.807) is 24.3 Å². The molecular formula is C23H21NO2S. The third-order valence-electron chi connectivity index (χ3n) is 4.94. The molecule has 27 heavy (non-hydrogen) atoms. The molecule has 136 valence electrons. The third-order valence-corrected chi connectivity index (χ3v) is 7.00. The lowest BCUT2D eigenvalue weighted by atomic mass is 10.0. The second-order valence-corrected chi connectivity index (χ2v) is 8.89. The van der Waals surface area contributed by atoms with Crippen molar-refractivity contribution >= 4 is 20.7 Å². The molecule has 4 rings (SSSR count). The zero-order chi connectivity index (χ0) is 19.0. The summed E-state index contributed by atoms with van der Waals surface area (Å²) in [6.07, 6.45) is 0. The quantitative estimate of drug-likeness (QED) is 0.523. The molecule has 1 N–H and O–H groups in total. The van der Waals surface area contributed by atoms with Crippen molar-refractivity contribution < 1.29 is 8.42 Å². The number of nitrogens with one attached hydrogen (secondary N) is 1. The van der Waals surface area contributed by atoms with Crippen molar-refractivity contribution in [2.45, 2.75) is 24.0 Å². The van der Waals surface area contributed by atoms with Crippen LogP contribution >= 0.6 is 0 Å². The number of sulfone groups is 1. The Bertz CT molecular complexity index is 1190. The van der Waals surface area contributed by atoms with Gasteiger partial charge in [0.15, 0.2) is 9.84 Å². The lowest BCUT2D eigenvalue weighted by Gasteiger charge is -2.19. The maximum absolute atomic E-state index is 13.7. The summed E-state index contributed by atoms with van der Waals surface area (Å²) < 4.78 is 27.4. The van der Waals surface area contributed by atoms with Crippen molar-refractivity contribution in [2.24, 2.45) is 0 Å². The summed E-state index contributed by atoms with van der Waals surface area (Å²) in [7, 11) is -3.62. The molecule has 1 unspecified atom stereocenters. The van der Waals surface area contributed by atoms with E-state index in [9.17, 15) is 8.42 Å². The van der Waals surface area contributed by atoms with Crippen LogP contribution in [0, 0.1) is 13.8 Å². The lowest BCUT2D eigenvalue weighted by Crippen LogP contribution is -2.16. The SMILES string of the molecule is Cc1ccc2[nH]c(C)c(C(c3ccccc3)S(=O)(=O)c3ccccc3)c2c1. The largest absolute Gasteiger partial charge is 0.358 e. The summed E-state index contributed by atoms with van der Waals surface area (Å²) in [6.45, 7) is 3.97. The zero-order valence-corrected chi connectivity index (χ0v) is 16.1. The minimum Gasteiger partial charge on any atom is -0.358 e. The summed E-state index contributed by atoms with van der Waals surface area (Å²) in [4.78, 5) is 3.70. The standard InChI is InChI=1S/C23H21NO2S/c1-16-13-14-21-20(15-16)22(17(2)24-21)23(18-9-5-3-6-10-18)27(25,26)19-11-7-4-8-12-19/h3-15,23-24H,1-2H3. The summed E-state index contributed by atoms with van der Waals surface area (Å²) in [6, 6.07) is 24.3. The molecular weight excluding hydrogens is 354 g/mol. The maximum atomic E-state index is 13.7. The highest BCUT2D eigenvalue weighted by atomic mass is 32.2. The van der Waals surface area contributed by atoms with Gasteiger partial charge in [0, 0.05) is 22.2 Å². The van der Waals surface area contributed by atoms with E-state index in [2.05, 4.69) is 11.1 Å². The summed E-state index contributed by atoms with van der Waals surface area (Å²) >= 11 is 0. The number of aromatic nitrogens is 1. The molecule has 0 radical (unpaired) electrons. The second-order valence-electron chi connectivity index (χ2n) is 6.86. The van der Waals surface area contributed by atoms with Crippen molar-refractivity contribution in [3.05, 3.63) is 101 Å². The van der Waals surface area contributed by atoms with Gasteiger partial charge in [-0.3, -0.25) is 0 Å². The van der Waals surface area contributed by atoms with Crippen LogP contribution in [0.2, 0.25) is 0 Å². The number of rotatable bonds is 4. The Hall–Kier alpha value is -2.85. The van der Waals surface area contributed by atoms with Crippen molar-refractivity contribution in [1.82, 2.24) is 4.98 Å². The van der Waals surface area contributed by atoms with Gasteiger partial charge in [-0.25, -0.2) is 8.42 Å². The number of hydrogen-bond acceptors (Lipinski definition) is 2. The molecule has 0 aliphatic heterocycles. The Morgan fingerprint density at radius 2 is 1.44 bits per heavy atom. The van der Waals surface area contributed by atoms with Gasteiger partial charge in [0.05, 0.1) is 4.90 Å². The van der Waals surface area contributed by atoms with Crippen LogP contribution in [0.4, 0.5) is 0 Å². The molecule has 0 fully saturated rings. The van der Waals surface area contributed by atoms with Crippen LogP contribution < -0.4 is 0 Å². The van der Waals surface area contributed by atoms with E-state index < -0.39 is 15.1 Å². The van der Waals surface area contributed by atoms with Gasteiger partial charge in [0.25, 0.3) is 0 Å². The normalized spacial score (nSPS) is 13.0. The fourth-order valence-corrected chi connectivity index (χ4v) is 5.61. The number of aryl methyl sites for hydroxylation is 2. The fraction of sp³-hybridized carbons (Fsp3) is 0.130. The third kappa shape index (κ3) is 3.06. The van der Waals surface area contributed by atoms with E-state index in [1.807, 2.05) is 62.4 Å². The van der Waals surface area contributed by atoms with Gasteiger partial charge >= 0.3 is 0 Å². The Morgan fingerprint density at radius 1 is 0.815 bits per heavy atom. The molecule has 0 aliphatic rings. The zero-order valence-electron chi connectivity index (χ0n) is 15.3. The number of hydrogen-bond donors (Lipinski definition) is 1. The number of fused-ring (bicyclic) bond motifs is 1. The van der Waals surface area contributed by atoms with E-state index in [4.69, 9.17) is 0 Å². The second kappa shape index (κ2) is 6.71. The van der Waals surface area contributed by atoms with Gasteiger partial charge in [-0.05, 0) is 43.7 Å². The van der Waals surface area contributed by atoms with Crippen molar-refractivity contribution in [1.29, 1.82) is 0 Å². The Morgan fingerprint density at radius 3 is 2.11 bits per heavy atom. The molecule has 3 nitrogen and oxygen atoms in total. The number of H-pyrrole nitrogens is 1. The van der Waals surface area contributed by atoms with Crippen LogP contribution in [-0.4, -0.2) is 13.4 Å². The average molecular weight is 375 g/mol. The van der Waals surface area contributed by atoms with Crippen molar-refractivity contribution in [2.75, 3.05) is 0 Å². The molecule has 0 saturated heterocycles. The minimum absolute atomic E-state index is 0.334. The molecule has 1 atom stereocenters. The molecule has 4 heteroatoms. The van der Waals surface area contributed by atoms with Gasteiger partial charge in [0.1, 0.15) is 5.25 Å². The van der Waals surface area contributed by atoms with E-state index in [0.717, 1.165) is 33.3 Å². The van der Waals surface area contributed by atoms with E-state index >= 15 is 0 Å². The highest BCUT2D eigenvalue weighted by molar-refractivity contribution is 7.92. The predicted octanol–water partition coefficient (Wildman–Crippen LogP) is 5.35. The first-order valence-electron chi connectivity index (χ1n) is 8.91. The Kier molecular flexibility index (Phi) is 4.36. The van der Waals surface area contributed by atoms with E-state index in [0.29, 0.717) is 4.90 Å². The van der Waals surface area contributed by atoms with Crippen molar-refractivity contribution in [3.63, 3.8) is 0 Å². The summed E-state index contributed by atoms with van der Waals surface area (Å²) in [5.41, 5.74) is 4.53. The van der Waals surface area contributed by atoms with Gasteiger partial charge in [-0.1, -0.05) is 60.2 Å². The highest BCUT2D eigenvalue weighted by Gasteiger charge is 2.33. The maximum Gasteiger partial charge on any atom is 0.189 e. The van der Waals surface area contributed by atoms with E-state index in [-0.39, 0.29) is 0 Å². The van der Waals surface area contributed by atoms with Gasteiger partial charge in [0.2, 0.25) is 0 Å². The first-order valence-corrected chi connectivity index (χ1v) is 10.5. The average Bonchev–Trinajstić information content (AvgIpc) is 2.99. The molecule has 1 aromatic heterocycles. The molecule has 3 aromatic carbocycles. The minimum atomic E-state index is -3.62. The first-order chi connectivity index (χ1) is 13.0. The van der Waals surface area contributed by atoms with Crippen LogP contribution in [0.3, 0.4) is 0 Å². The first kappa shape index (κ1) is 17.6.